The average Bonchev–Trinajstić information content (AvgIpc) is 3.02. The number of nitrogens with zero attached hydrogens (tertiary/aromatic N) is 4. The SMILES string of the molecule is Fc1cccnc1NC1[C@@H]2CC[C@H]1CN(c1nnc(Br)s1)C2. The van der Waals surface area contributed by atoms with E-state index in [1.54, 1.807) is 23.6 Å². The number of anilines is 2. The van der Waals surface area contributed by atoms with Crippen molar-refractivity contribution in [2.75, 3.05) is 23.3 Å². The van der Waals surface area contributed by atoms with Gasteiger partial charge in [0.25, 0.3) is 0 Å². The zero-order valence-corrected chi connectivity index (χ0v) is 14.1. The van der Waals surface area contributed by atoms with Gasteiger partial charge in [0.2, 0.25) is 5.13 Å². The highest BCUT2D eigenvalue weighted by Gasteiger charge is 2.43. The summed E-state index contributed by atoms with van der Waals surface area (Å²) >= 11 is 4.93. The smallest absolute Gasteiger partial charge is 0.209 e. The van der Waals surface area contributed by atoms with Crippen LogP contribution in [0.3, 0.4) is 0 Å². The molecule has 0 amide bonds. The van der Waals surface area contributed by atoms with E-state index in [9.17, 15) is 4.39 Å². The van der Waals surface area contributed by atoms with Crippen molar-refractivity contribution in [2.24, 2.45) is 11.8 Å². The molecule has 2 aliphatic rings. The molecular formula is C14H15BrFN5S. The van der Waals surface area contributed by atoms with Crippen molar-refractivity contribution in [3.05, 3.63) is 28.1 Å². The molecular weight excluding hydrogens is 369 g/mol. The van der Waals surface area contributed by atoms with E-state index in [2.05, 4.69) is 41.3 Å². The van der Waals surface area contributed by atoms with Gasteiger partial charge in [-0.05, 0) is 52.7 Å². The topological polar surface area (TPSA) is 53.9 Å². The van der Waals surface area contributed by atoms with Crippen LogP contribution in [0.15, 0.2) is 22.2 Å². The van der Waals surface area contributed by atoms with Gasteiger partial charge < -0.3 is 10.2 Å². The van der Waals surface area contributed by atoms with E-state index in [0.717, 1.165) is 35.0 Å². The summed E-state index contributed by atoms with van der Waals surface area (Å²) in [6, 6.07) is 3.35. The van der Waals surface area contributed by atoms with E-state index >= 15 is 0 Å². The van der Waals surface area contributed by atoms with Crippen LogP contribution in [0, 0.1) is 17.7 Å². The molecule has 2 fully saturated rings. The fourth-order valence-electron chi connectivity index (χ4n) is 3.59. The lowest BCUT2D eigenvalue weighted by atomic mass is 9.92. The summed E-state index contributed by atoms with van der Waals surface area (Å²) in [6.07, 6.45) is 3.95. The minimum absolute atomic E-state index is 0.280. The van der Waals surface area contributed by atoms with Crippen LogP contribution in [0.2, 0.25) is 0 Å². The van der Waals surface area contributed by atoms with Crippen molar-refractivity contribution in [3.8, 4) is 0 Å². The summed E-state index contributed by atoms with van der Waals surface area (Å²) in [5.41, 5.74) is 0. The summed E-state index contributed by atoms with van der Waals surface area (Å²) in [6.45, 7) is 1.87. The fraction of sp³-hybridized carbons (Fsp3) is 0.500. The number of rotatable bonds is 3. The average molecular weight is 384 g/mol. The molecule has 8 heteroatoms. The van der Waals surface area contributed by atoms with Gasteiger partial charge in [0.05, 0.1) is 0 Å². The number of hydrogen-bond acceptors (Lipinski definition) is 6. The van der Waals surface area contributed by atoms with Crippen LogP contribution in [-0.2, 0) is 0 Å². The fourth-order valence-corrected chi connectivity index (χ4v) is 4.70. The third-order valence-electron chi connectivity index (χ3n) is 4.56. The van der Waals surface area contributed by atoms with E-state index in [4.69, 9.17) is 0 Å². The number of piperidine rings is 1. The molecule has 3 atom stereocenters. The van der Waals surface area contributed by atoms with E-state index in [0.29, 0.717) is 17.7 Å². The number of fused-ring (bicyclic) bond motifs is 2. The van der Waals surface area contributed by atoms with E-state index in [1.165, 1.54) is 6.07 Å². The summed E-state index contributed by atoms with van der Waals surface area (Å²) in [4.78, 5) is 6.43. The molecule has 1 aliphatic carbocycles. The molecule has 2 aromatic rings. The number of aromatic nitrogens is 3. The monoisotopic (exact) mass is 383 g/mol. The number of hydrogen-bond donors (Lipinski definition) is 1. The van der Waals surface area contributed by atoms with Crippen molar-refractivity contribution in [3.63, 3.8) is 0 Å². The van der Waals surface area contributed by atoms with Crippen LogP contribution < -0.4 is 10.2 Å². The van der Waals surface area contributed by atoms with E-state index < -0.39 is 0 Å². The van der Waals surface area contributed by atoms with Gasteiger partial charge in [0, 0.05) is 25.3 Å². The van der Waals surface area contributed by atoms with Crippen molar-refractivity contribution >= 4 is 38.2 Å². The van der Waals surface area contributed by atoms with Crippen molar-refractivity contribution in [2.45, 2.75) is 18.9 Å². The Balaban J connectivity index is 1.50. The quantitative estimate of drug-likeness (QED) is 0.881. The second-order valence-corrected chi connectivity index (χ2v) is 8.08. The van der Waals surface area contributed by atoms with Gasteiger partial charge in [-0.25, -0.2) is 9.37 Å². The number of pyridine rings is 1. The van der Waals surface area contributed by atoms with Crippen LogP contribution in [0.1, 0.15) is 12.8 Å². The second-order valence-electron chi connectivity index (χ2n) is 5.84. The molecule has 0 aromatic carbocycles. The number of halogens is 2. The van der Waals surface area contributed by atoms with Gasteiger partial charge in [-0.3, -0.25) is 0 Å². The summed E-state index contributed by atoms with van der Waals surface area (Å²) in [5, 5.41) is 12.5. The molecule has 0 spiro atoms. The molecule has 1 aliphatic heterocycles. The van der Waals surface area contributed by atoms with E-state index in [-0.39, 0.29) is 11.9 Å². The summed E-state index contributed by atoms with van der Waals surface area (Å²) in [5.74, 6) is 1.07. The van der Waals surface area contributed by atoms with Gasteiger partial charge in [-0.2, -0.15) is 0 Å². The molecule has 1 saturated carbocycles. The Bertz CT molecular complexity index is 667. The first-order chi connectivity index (χ1) is 10.7. The third kappa shape index (κ3) is 2.58. The van der Waals surface area contributed by atoms with Crippen LogP contribution in [0.4, 0.5) is 15.3 Å². The predicted molar refractivity (Wildman–Crippen MR) is 87.6 cm³/mol. The van der Waals surface area contributed by atoms with Gasteiger partial charge in [-0.15, -0.1) is 10.2 Å². The zero-order chi connectivity index (χ0) is 15.1. The largest absolute Gasteiger partial charge is 0.364 e. The Labute approximate surface area is 140 Å². The molecule has 2 aromatic heterocycles. The molecule has 116 valence electrons. The lowest BCUT2D eigenvalue weighted by Gasteiger charge is -2.38. The molecule has 3 heterocycles. The minimum Gasteiger partial charge on any atom is -0.364 e. The highest BCUT2D eigenvalue weighted by Crippen LogP contribution is 2.41. The molecule has 5 nitrogen and oxygen atoms in total. The normalized spacial score (nSPS) is 27.2. The first kappa shape index (κ1) is 14.3. The minimum atomic E-state index is -0.280. The predicted octanol–water partition coefficient (Wildman–Crippen LogP) is 3.16. The zero-order valence-electron chi connectivity index (χ0n) is 11.7. The Morgan fingerprint density at radius 3 is 2.68 bits per heavy atom. The molecule has 1 N–H and O–H groups in total. The van der Waals surface area contributed by atoms with Gasteiger partial charge in [0.1, 0.15) is 0 Å². The van der Waals surface area contributed by atoms with Crippen molar-refractivity contribution in [1.29, 1.82) is 0 Å². The Morgan fingerprint density at radius 2 is 2.05 bits per heavy atom. The van der Waals surface area contributed by atoms with Gasteiger partial charge >= 0.3 is 0 Å². The second kappa shape index (κ2) is 5.73. The first-order valence-corrected chi connectivity index (χ1v) is 8.92. The summed E-state index contributed by atoms with van der Waals surface area (Å²) < 4.78 is 14.6. The molecule has 4 rings (SSSR count). The highest BCUT2D eigenvalue weighted by atomic mass is 79.9. The first-order valence-electron chi connectivity index (χ1n) is 7.31. The Kier molecular flexibility index (Phi) is 3.73. The van der Waals surface area contributed by atoms with Crippen LogP contribution in [0.5, 0.6) is 0 Å². The van der Waals surface area contributed by atoms with Crippen molar-refractivity contribution in [1.82, 2.24) is 15.2 Å². The van der Waals surface area contributed by atoms with E-state index in [1.807, 2.05) is 0 Å². The summed E-state index contributed by atoms with van der Waals surface area (Å²) in [7, 11) is 0. The highest BCUT2D eigenvalue weighted by molar-refractivity contribution is 9.11. The lowest BCUT2D eigenvalue weighted by molar-refractivity contribution is 0.375. The maximum absolute atomic E-state index is 13.8. The number of nitrogens with one attached hydrogen (secondary N) is 1. The lowest BCUT2D eigenvalue weighted by Crippen LogP contribution is -2.48. The molecule has 0 radical (unpaired) electrons. The standard InChI is InChI=1S/C14H15BrFN5S/c15-13-19-20-14(22-13)21-6-8-3-4-9(7-21)11(8)18-12-10(16)2-1-5-17-12/h1-2,5,8-9,11H,3-4,6-7H2,(H,17,18)/t8-,9+,11?. The van der Waals surface area contributed by atoms with Gasteiger partial charge in [0.15, 0.2) is 15.6 Å². The van der Waals surface area contributed by atoms with Crippen LogP contribution in [-0.4, -0.2) is 34.3 Å². The molecule has 2 bridgehead atoms. The maximum Gasteiger partial charge on any atom is 0.209 e. The van der Waals surface area contributed by atoms with Gasteiger partial charge in [-0.1, -0.05) is 11.3 Å². The molecule has 1 saturated heterocycles. The third-order valence-corrected chi connectivity index (χ3v) is 5.97. The van der Waals surface area contributed by atoms with Crippen LogP contribution in [0.25, 0.3) is 0 Å². The Hall–Kier alpha value is -1.28. The van der Waals surface area contributed by atoms with Crippen LogP contribution >= 0.6 is 27.3 Å². The molecule has 22 heavy (non-hydrogen) atoms. The van der Waals surface area contributed by atoms with Crippen molar-refractivity contribution < 1.29 is 4.39 Å². The Morgan fingerprint density at radius 1 is 1.27 bits per heavy atom. The molecule has 1 unspecified atom stereocenters. The maximum atomic E-state index is 13.8.